The lowest BCUT2D eigenvalue weighted by Crippen LogP contribution is -2.28. The van der Waals surface area contributed by atoms with E-state index in [0.717, 1.165) is 37.2 Å². The molecular formula is C16H19N3O3. The number of aliphatic hydroxyl groups is 1. The van der Waals surface area contributed by atoms with Crippen molar-refractivity contribution in [2.45, 2.75) is 26.7 Å². The van der Waals surface area contributed by atoms with E-state index in [0.29, 0.717) is 0 Å². The van der Waals surface area contributed by atoms with Crippen LogP contribution in [0.1, 0.15) is 24.5 Å². The molecule has 2 heterocycles. The summed E-state index contributed by atoms with van der Waals surface area (Å²) in [5.74, 6) is -0.622. The molecule has 3 rings (SSSR count). The van der Waals surface area contributed by atoms with Crippen molar-refractivity contribution >= 4 is 29.1 Å². The number of aryl methyl sites for hydroxylation is 2. The molecule has 6 heteroatoms. The van der Waals surface area contributed by atoms with Crippen molar-refractivity contribution in [2.75, 3.05) is 24.6 Å². The highest BCUT2D eigenvalue weighted by molar-refractivity contribution is 6.42. The number of rotatable bonds is 3. The maximum absolute atomic E-state index is 11.7. The Balaban J connectivity index is 1.99. The fourth-order valence-corrected chi connectivity index (χ4v) is 2.84. The van der Waals surface area contributed by atoms with E-state index in [1.165, 1.54) is 11.3 Å². The Kier molecular flexibility index (Phi) is 3.94. The van der Waals surface area contributed by atoms with Crippen molar-refractivity contribution in [3.05, 3.63) is 23.3 Å². The number of ether oxygens (including phenoxy) is 1. The Morgan fingerprint density at radius 1 is 1.45 bits per heavy atom. The van der Waals surface area contributed by atoms with E-state index >= 15 is 0 Å². The van der Waals surface area contributed by atoms with E-state index in [-0.39, 0.29) is 11.7 Å². The third kappa shape index (κ3) is 2.62. The third-order valence-corrected chi connectivity index (χ3v) is 3.98. The van der Waals surface area contributed by atoms with E-state index in [2.05, 4.69) is 27.9 Å². The largest absolute Gasteiger partial charge is 0.403 e. The molecule has 0 saturated carbocycles. The normalized spacial score (nSPS) is 19.2. The minimum Gasteiger partial charge on any atom is -0.403 e. The van der Waals surface area contributed by atoms with Crippen LogP contribution < -0.4 is 4.90 Å². The molecule has 0 unspecified atom stereocenters. The van der Waals surface area contributed by atoms with Crippen LogP contribution in [-0.4, -0.2) is 42.5 Å². The van der Waals surface area contributed by atoms with Crippen molar-refractivity contribution in [1.82, 2.24) is 0 Å². The van der Waals surface area contributed by atoms with E-state index in [1.807, 2.05) is 13.0 Å². The van der Waals surface area contributed by atoms with Gasteiger partial charge < -0.3 is 14.7 Å². The predicted molar refractivity (Wildman–Crippen MR) is 85.1 cm³/mol. The summed E-state index contributed by atoms with van der Waals surface area (Å²) < 4.78 is 4.80. The number of amidine groups is 1. The van der Waals surface area contributed by atoms with Crippen molar-refractivity contribution in [3.63, 3.8) is 0 Å². The average molecular weight is 301 g/mol. The van der Waals surface area contributed by atoms with Gasteiger partial charge in [0.15, 0.2) is 0 Å². The standard InChI is InChI=1S/C16H19N3O3/c1-3-19-6-4-5-11-8-12(10(2)7-13(11)19)17-15-16(21)22-14(9-20)18-15/h7-8,20H,3-6,9H2,1-2H3. The maximum atomic E-state index is 11.7. The summed E-state index contributed by atoms with van der Waals surface area (Å²) in [6, 6.07) is 4.15. The van der Waals surface area contributed by atoms with Crippen LogP contribution in [-0.2, 0) is 16.0 Å². The lowest BCUT2D eigenvalue weighted by molar-refractivity contribution is -0.127. The highest BCUT2D eigenvalue weighted by atomic mass is 16.6. The van der Waals surface area contributed by atoms with Gasteiger partial charge in [-0.25, -0.2) is 9.79 Å². The van der Waals surface area contributed by atoms with Crippen molar-refractivity contribution in [2.24, 2.45) is 9.98 Å². The van der Waals surface area contributed by atoms with Crippen LogP contribution >= 0.6 is 0 Å². The highest BCUT2D eigenvalue weighted by Gasteiger charge is 2.25. The average Bonchev–Trinajstić information content (AvgIpc) is 2.88. The van der Waals surface area contributed by atoms with Crippen molar-refractivity contribution in [3.8, 4) is 0 Å². The van der Waals surface area contributed by atoms with Gasteiger partial charge in [-0.3, -0.25) is 0 Å². The van der Waals surface area contributed by atoms with E-state index in [4.69, 9.17) is 9.84 Å². The Morgan fingerprint density at radius 3 is 2.95 bits per heavy atom. The molecule has 2 aliphatic heterocycles. The monoisotopic (exact) mass is 301 g/mol. The van der Waals surface area contributed by atoms with Crippen LogP contribution in [0.4, 0.5) is 11.4 Å². The molecule has 6 nitrogen and oxygen atoms in total. The predicted octanol–water partition coefficient (Wildman–Crippen LogP) is 1.75. The van der Waals surface area contributed by atoms with Crippen LogP contribution in [0.5, 0.6) is 0 Å². The lowest BCUT2D eigenvalue weighted by Gasteiger charge is -2.31. The summed E-state index contributed by atoms with van der Waals surface area (Å²) in [4.78, 5) is 22.2. The summed E-state index contributed by atoms with van der Waals surface area (Å²) >= 11 is 0. The van der Waals surface area contributed by atoms with Crippen molar-refractivity contribution < 1.29 is 14.6 Å². The van der Waals surface area contributed by atoms with Gasteiger partial charge >= 0.3 is 5.97 Å². The SMILES string of the molecule is CCN1CCCc2cc(N=C3N=C(CO)OC3=O)c(C)cc21. The number of cyclic esters (lactones) is 1. The molecule has 0 bridgehead atoms. The summed E-state index contributed by atoms with van der Waals surface area (Å²) in [5, 5.41) is 8.97. The molecule has 116 valence electrons. The van der Waals surface area contributed by atoms with Gasteiger partial charge in [0.2, 0.25) is 11.7 Å². The van der Waals surface area contributed by atoms with Gasteiger partial charge in [-0.1, -0.05) is 0 Å². The Bertz CT molecular complexity index is 679. The summed E-state index contributed by atoms with van der Waals surface area (Å²) in [5.41, 5.74) is 4.22. The number of esters is 1. The van der Waals surface area contributed by atoms with E-state index < -0.39 is 12.6 Å². The number of benzene rings is 1. The van der Waals surface area contributed by atoms with Crippen LogP contribution in [0.2, 0.25) is 0 Å². The zero-order valence-electron chi connectivity index (χ0n) is 12.8. The minimum absolute atomic E-state index is 0.00322. The molecule has 0 amide bonds. The van der Waals surface area contributed by atoms with Gasteiger partial charge in [-0.2, -0.15) is 4.99 Å². The molecule has 0 aliphatic carbocycles. The third-order valence-electron chi connectivity index (χ3n) is 3.98. The molecule has 0 atom stereocenters. The number of carbonyl (C=O) groups excluding carboxylic acids is 1. The van der Waals surface area contributed by atoms with Gasteiger partial charge in [-0.15, -0.1) is 0 Å². The zero-order chi connectivity index (χ0) is 15.7. The summed E-state index contributed by atoms with van der Waals surface area (Å²) in [7, 11) is 0. The van der Waals surface area contributed by atoms with Crippen molar-refractivity contribution in [1.29, 1.82) is 0 Å². The first-order valence-electron chi connectivity index (χ1n) is 7.50. The Morgan fingerprint density at radius 2 is 2.27 bits per heavy atom. The van der Waals surface area contributed by atoms with Gasteiger partial charge in [-0.05, 0) is 49.9 Å². The number of anilines is 1. The molecule has 1 N–H and O–H groups in total. The number of nitrogens with zero attached hydrogens (tertiary/aromatic N) is 3. The van der Waals surface area contributed by atoms with Crippen LogP contribution in [0.15, 0.2) is 22.1 Å². The van der Waals surface area contributed by atoms with E-state index in [9.17, 15) is 4.79 Å². The number of carbonyl (C=O) groups is 1. The Labute approximate surface area is 129 Å². The van der Waals surface area contributed by atoms with E-state index in [1.54, 1.807) is 0 Å². The topological polar surface area (TPSA) is 74.5 Å². The quantitative estimate of drug-likeness (QED) is 0.863. The van der Waals surface area contributed by atoms with Gasteiger partial charge in [0, 0.05) is 18.8 Å². The molecule has 1 aromatic carbocycles. The molecule has 22 heavy (non-hydrogen) atoms. The number of hydrogen-bond donors (Lipinski definition) is 1. The maximum Gasteiger partial charge on any atom is 0.383 e. The zero-order valence-corrected chi connectivity index (χ0v) is 12.8. The first-order valence-corrected chi connectivity index (χ1v) is 7.50. The number of aliphatic imine (C=N–C) groups is 2. The second-order valence-corrected chi connectivity index (χ2v) is 5.44. The Hall–Kier alpha value is -2.21. The number of aliphatic hydroxyl groups excluding tert-OH is 1. The molecule has 1 aromatic rings. The lowest BCUT2D eigenvalue weighted by atomic mass is 9.98. The first-order chi connectivity index (χ1) is 10.6. The molecule has 0 spiro atoms. The van der Waals surface area contributed by atoms with Crippen LogP contribution in [0.25, 0.3) is 0 Å². The first kappa shape index (κ1) is 14.7. The summed E-state index contributed by atoms with van der Waals surface area (Å²) in [6.07, 6.45) is 2.13. The summed E-state index contributed by atoms with van der Waals surface area (Å²) in [6.45, 7) is 5.78. The second-order valence-electron chi connectivity index (χ2n) is 5.44. The fraction of sp³-hybridized carbons (Fsp3) is 0.438. The number of hydrogen-bond acceptors (Lipinski definition) is 5. The van der Waals surface area contributed by atoms with Gasteiger partial charge in [0.1, 0.15) is 6.61 Å². The van der Waals surface area contributed by atoms with Crippen LogP contribution in [0.3, 0.4) is 0 Å². The molecule has 0 saturated heterocycles. The van der Waals surface area contributed by atoms with Gasteiger partial charge in [0.25, 0.3) is 0 Å². The molecule has 0 aromatic heterocycles. The molecule has 0 radical (unpaired) electrons. The van der Waals surface area contributed by atoms with Gasteiger partial charge in [0.05, 0.1) is 5.69 Å². The minimum atomic E-state index is -0.614. The smallest absolute Gasteiger partial charge is 0.383 e. The highest BCUT2D eigenvalue weighted by Crippen LogP contribution is 2.33. The fourth-order valence-electron chi connectivity index (χ4n) is 2.84. The second kappa shape index (κ2) is 5.88. The number of fused-ring (bicyclic) bond motifs is 1. The van der Waals surface area contributed by atoms with Crippen LogP contribution in [0, 0.1) is 6.92 Å². The molecular weight excluding hydrogens is 282 g/mol. The molecule has 0 fully saturated rings. The molecule has 2 aliphatic rings.